The number of hydrogen-bond acceptors (Lipinski definition) is 5. The van der Waals surface area contributed by atoms with Crippen LogP contribution in [0.5, 0.6) is 11.5 Å². The third kappa shape index (κ3) is 5.94. The first-order valence-corrected chi connectivity index (χ1v) is 13.6. The summed E-state index contributed by atoms with van der Waals surface area (Å²) in [6, 6.07) is 23.9. The van der Waals surface area contributed by atoms with E-state index in [4.69, 9.17) is 20.4 Å². The van der Waals surface area contributed by atoms with Crippen molar-refractivity contribution < 1.29 is 23.4 Å². The minimum Gasteiger partial charge on any atom is -0.491 e. The summed E-state index contributed by atoms with van der Waals surface area (Å²) in [5.41, 5.74) is 2.55. The van der Waals surface area contributed by atoms with E-state index in [0.29, 0.717) is 22.4 Å². The van der Waals surface area contributed by atoms with Gasteiger partial charge in [-0.3, -0.25) is 9.36 Å². The SMILES string of the molecule is C#CCOc1ccc2cc(OCCOP(=O)(C(=O)c3c(C)cc(C)cc3C)c3ccccc3)ccc2c1. The molecule has 0 amide bonds. The number of terminal acetylenes is 1. The second kappa shape index (κ2) is 11.5. The van der Waals surface area contributed by atoms with Crippen LogP contribution in [-0.4, -0.2) is 25.3 Å². The van der Waals surface area contributed by atoms with Gasteiger partial charge in [-0.25, -0.2) is 0 Å². The van der Waals surface area contributed by atoms with Crippen molar-refractivity contribution in [3.05, 3.63) is 101 Å². The summed E-state index contributed by atoms with van der Waals surface area (Å²) in [7, 11) is -3.88. The van der Waals surface area contributed by atoms with Gasteiger partial charge in [0, 0.05) is 10.9 Å². The fourth-order valence-electron chi connectivity index (χ4n) is 4.37. The molecule has 0 fully saturated rings. The number of hydrogen-bond donors (Lipinski definition) is 0. The van der Waals surface area contributed by atoms with Crippen LogP contribution in [0.1, 0.15) is 27.0 Å². The third-order valence-electron chi connectivity index (χ3n) is 5.98. The van der Waals surface area contributed by atoms with E-state index in [-0.39, 0.29) is 19.8 Å². The average Bonchev–Trinajstić information content (AvgIpc) is 2.89. The van der Waals surface area contributed by atoms with Gasteiger partial charge < -0.3 is 14.0 Å². The zero-order valence-corrected chi connectivity index (χ0v) is 22.1. The number of fused-ring (bicyclic) bond motifs is 1. The Morgan fingerprint density at radius 2 is 1.41 bits per heavy atom. The lowest BCUT2D eigenvalue weighted by Crippen LogP contribution is -2.19. The van der Waals surface area contributed by atoms with E-state index in [0.717, 1.165) is 27.5 Å². The predicted molar refractivity (Wildman–Crippen MR) is 148 cm³/mol. The number of rotatable bonds is 10. The minimum atomic E-state index is -3.88. The number of carbonyl (C=O) groups excluding carboxylic acids is 1. The molecule has 0 bridgehead atoms. The van der Waals surface area contributed by atoms with Crippen molar-refractivity contribution >= 4 is 29.0 Å². The Labute approximate surface area is 217 Å². The van der Waals surface area contributed by atoms with E-state index < -0.39 is 12.9 Å². The van der Waals surface area contributed by atoms with E-state index in [1.165, 1.54) is 0 Å². The zero-order valence-electron chi connectivity index (χ0n) is 21.2. The van der Waals surface area contributed by atoms with Gasteiger partial charge in [0.1, 0.15) is 24.7 Å². The summed E-state index contributed by atoms with van der Waals surface area (Å²) in [5, 5.41) is 2.33. The van der Waals surface area contributed by atoms with Crippen LogP contribution in [0, 0.1) is 33.1 Å². The van der Waals surface area contributed by atoms with Crippen molar-refractivity contribution in [1.29, 1.82) is 0 Å². The molecule has 4 aromatic carbocycles. The molecule has 0 aliphatic heterocycles. The molecule has 5 nitrogen and oxygen atoms in total. The van der Waals surface area contributed by atoms with Crippen molar-refractivity contribution in [2.75, 3.05) is 19.8 Å². The topological polar surface area (TPSA) is 61.8 Å². The summed E-state index contributed by atoms with van der Waals surface area (Å²) in [5.74, 6) is 3.79. The molecule has 0 saturated carbocycles. The number of aryl methyl sites for hydroxylation is 3. The van der Waals surface area contributed by atoms with E-state index in [9.17, 15) is 9.36 Å². The van der Waals surface area contributed by atoms with E-state index in [2.05, 4.69) is 5.92 Å². The van der Waals surface area contributed by atoms with Crippen molar-refractivity contribution in [2.45, 2.75) is 20.8 Å². The molecule has 0 aromatic heterocycles. The Balaban J connectivity index is 1.49. The Hall–Kier alpha value is -3.84. The highest BCUT2D eigenvalue weighted by Crippen LogP contribution is 2.50. The quantitative estimate of drug-likeness (QED) is 0.136. The zero-order chi connectivity index (χ0) is 26.4. The fourth-order valence-corrected chi connectivity index (χ4v) is 6.42. The summed E-state index contributed by atoms with van der Waals surface area (Å²) in [4.78, 5) is 13.7. The second-order valence-corrected chi connectivity index (χ2v) is 11.1. The lowest BCUT2D eigenvalue weighted by atomic mass is 10.0. The molecule has 0 spiro atoms. The normalized spacial score (nSPS) is 12.5. The first-order chi connectivity index (χ1) is 17.8. The molecule has 0 saturated heterocycles. The maximum atomic E-state index is 14.1. The molecule has 0 aliphatic carbocycles. The molecular weight excluding hydrogens is 483 g/mol. The van der Waals surface area contributed by atoms with Crippen LogP contribution in [0.2, 0.25) is 0 Å². The van der Waals surface area contributed by atoms with Crippen molar-refractivity contribution in [3.8, 4) is 23.8 Å². The van der Waals surface area contributed by atoms with Gasteiger partial charge in [0.05, 0.1) is 6.61 Å². The van der Waals surface area contributed by atoms with Gasteiger partial charge in [-0.1, -0.05) is 53.9 Å². The molecule has 0 heterocycles. The molecule has 0 aliphatic rings. The molecule has 4 aromatic rings. The summed E-state index contributed by atoms with van der Waals surface area (Å²) >= 11 is 0. The highest BCUT2D eigenvalue weighted by atomic mass is 31.2. The first kappa shape index (κ1) is 26.2. The van der Waals surface area contributed by atoms with Crippen LogP contribution in [0.3, 0.4) is 0 Å². The minimum absolute atomic E-state index is 0.0151. The Morgan fingerprint density at radius 3 is 2.00 bits per heavy atom. The molecule has 1 atom stereocenters. The lowest BCUT2D eigenvalue weighted by molar-refractivity contribution is 0.104. The Morgan fingerprint density at radius 1 is 0.811 bits per heavy atom. The first-order valence-electron chi connectivity index (χ1n) is 12.0. The highest BCUT2D eigenvalue weighted by Gasteiger charge is 2.37. The van der Waals surface area contributed by atoms with Gasteiger partial charge in [0.15, 0.2) is 0 Å². The molecule has 4 rings (SSSR count). The van der Waals surface area contributed by atoms with E-state index in [1.54, 1.807) is 24.3 Å². The van der Waals surface area contributed by atoms with Gasteiger partial charge in [0.2, 0.25) is 0 Å². The van der Waals surface area contributed by atoms with Gasteiger partial charge in [-0.15, -0.1) is 6.42 Å². The summed E-state index contributed by atoms with van der Waals surface area (Å²) < 4.78 is 31.4. The summed E-state index contributed by atoms with van der Waals surface area (Å²) in [6.45, 7) is 6.01. The maximum Gasteiger partial charge on any atom is 0.300 e. The predicted octanol–water partition coefficient (Wildman–Crippen LogP) is 6.62. The average molecular weight is 513 g/mol. The molecule has 0 N–H and O–H groups in total. The smallest absolute Gasteiger partial charge is 0.300 e. The number of benzene rings is 4. The van der Waals surface area contributed by atoms with Gasteiger partial charge in [-0.05, 0) is 79.1 Å². The molecule has 0 radical (unpaired) electrons. The largest absolute Gasteiger partial charge is 0.491 e. The van der Waals surface area contributed by atoms with Crippen molar-refractivity contribution in [3.63, 3.8) is 0 Å². The van der Waals surface area contributed by atoms with Crippen LogP contribution in [-0.2, 0) is 9.09 Å². The van der Waals surface area contributed by atoms with Gasteiger partial charge >= 0.3 is 7.37 Å². The van der Waals surface area contributed by atoms with Crippen LogP contribution in [0.15, 0.2) is 78.9 Å². The molecular formula is C31H29O5P. The number of carbonyl (C=O) groups is 1. The van der Waals surface area contributed by atoms with Crippen molar-refractivity contribution in [1.82, 2.24) is 0 Å². The molecule has 188 valence electrons. The molecule has 37 heavy (non-hydrogen) atoms. The van der Waals surface area contributed by atoms with Gasteiger partial charge in [-0.2, -0.15) is 0 Å². The third-order valence-corrected chi connectivity index (χ3v) is 8.27. The standard InChI is InChI=1S/C31H29O5P/c1-5-15-34-27-13-11-26-21-28(14-12-25(26)20-27)35-16-17-36-37(33,29-9-7-6-8-10-29)31(32)30-23(3)18-22(2)19-24(30)4/h1,6-14,18-21H,15-17H2,2-4H3. The molecule has 1 unspecified atom stereocenters. The summed E-state index contributed by atoms with van der Waals surface area (Å²) in [6.07, 6.45) is 5.25. The van der Waals surface area contributed by atoms with Crippen LogP contribution in [0.25, 0.3) is 10.8 Å². The maximum absolute atomic E-state index is 14.1. The molecule has 6 heteroatoms. The van der Waals surface area contributed by atoms with Crippen LogP contribution in [0.4, 0.5) is 0 Å². The van der Waals surface area contributed by atoms with Crippen LogP contribution >= 0.6 is 7.37 Å². The monoisotopic (exact) mass is 512 g/mol. The second-order valence-electron chi connectivity index (χ2n) is 8.81. The lowest BCUT2D eigenvalue weighted by Gasteiger charge is -2.20. The van der Waals surface area contributed by atoms with E-state index >= 15 is 0 Å². The number of ether oxygens (including phenoxy) is 2. The van der Waals surface area contributed by atoms with Crippen molar-refractivity contribution in [2.24, 2.45) is 0 Å². The fraction of sp³-hybridized carbons (Fsp3) is 0.194. The van der Waals surface area contributed by atoms with Gasteiger partial charge in [0.25, 0.3) is 5.52 Å². The highest BCUT2D eigenvalue weighted by molar-refractivity contribution is 7.83. The Bertz CT molecular complexity index is 1500. The van der Waals surface area contributed by atoms with Crippen LogP contribution < -0.4 is 14.8 Å². The Kier molecular flexibility index (Phi) is 8.14. The van der Waals surface area contributed by atoms with E-state index in [1.807, 2.05) is 75.4 Å².